The highest BCUT2D eigenvalue weighted by molar-refractivity contribution is 5.94. The first-order valence-corrected chi connectivity index (χ1v) is 8.28. The third kappa shape index (κ3) is 2.73. The molecule has 1 fully saturated rings. The van der Waals surface area contributed by atoms with Crippen LogP contribution in [-0.2, 0) is 0 Å². The number of nitriles is 1. The fourth-order valence-corrected chi connectivity index (χ4v) is 3.18. The van der Waals surface area contributed by atoms with Crippen molar-refractivity contribution in [1.82, 2.24) is 24.3 Å². The molecule has 1 aliphatic rings. The van der Waals surface area contributed by atoms with Crippen molar-refractivity contribution in [1.29, 1.82) is 5.26 Å². The normalized spacial score (nSPS) is 16.6. The Bertz CT molecular complexity index is 1020. The lowest BCUT2D eigenvalue weighted by Crippen LogP contribution is -2.32. The number of carbonyl (C=O) groups is 1. The Morgan fingerprint density at radius 3 is 3.04 bits per heavy atom. The molecule has 0 bridgehead atoms. The molecule has 1 atom stereocenters. The first-order chi connectivity index (χ1) is 12.7. The highest BCUT2D eigenvalue weighted by atomic mass is 16.5. The number of amides is 1. The van der Waals surface area contributed by atoms with Gasteiger partial charge in [0.2, 0.25) is 5.69 Å². The van der Waals surface area contributed by atoms with Crippen LogP contribution in [0.5, 0.6) is 5.88 Å². The van der Waals surface area contributed by atoms with Crippen molar-refractivity contribution in [3.05, 3.63) is 53.9 Å². The first-order valence-electron chi connectivity index (χ1n) is 8.28. The zero-order chi connectivity index (χ0) is 18.1. The Labute approximate surface area is 149 Å². The van der Waals surface area contributed by atoms with Gasteiger partial charge >= 0.3 is 0 Å². The van der Waals surface area contributed by atoms with Crippen LogP contribution in [0.2, 0.25) is 0 Å². The molecule has 3 aromatic rings. The Morgan fingerprint density at radius 1 is 1.35 bits per heavy atom. The maximum absolute atomic E-state index is 13.0. The highest BCUT2D eigenvalue weighted by Crippen LogP contribution is 2.21. The summed E-state index contributed by atoms with van der Waals surface area (Å²) < 4.78 is 7.61. The Morgan fingerprint density at radius 2 is 2.19 bits per heavy atom. The molecule has 1 aliphatic heterocycles. The van der Waals surface area contributed by atoms with Crippen LogP contribution in [0.3, 0.4) is 0 Å². The lowest BCUT2D eigenvalue weighted by molar-refractivity contribution is 0.0763. The summed E-state index contributed by atoms with van der Waals surface area (Å²) in [6.07, 6.45) is 5.22. The summed E-state index contributed by atoms with van der Waals surface area (Å²) in [5, 5.41) is 9.08. The fourth-order valence-electron chi connectivity index (χ4n) is 3.18. The number of hydrogen-bond donors (Lipinski definition) is 0. The second kappa shape index (κ2) is 6.44. The molecule has 8 heteroatoms. The summed E-state index contributed by atoms with van der Waals surface area (Å²) in [7, 11) is 0. The lowest BCUT2D eigenvalue weighted by Gasteiger charge is -2.17. The Hall–Kier alpha value is -3.47. The van der Waals surface area contributed by atoms with Crippen LogP contribution in [0, 0.1) is 18.3 Å². The zero-order valence-electron chi connectivity index (χ0n) is 14.2. The van der Waals surface area contributed by atoms with E-state index in [-0.39, 0.29) is 23.6 Å². The summed E-state index contributed by atoms with van der Waals surface area (Å²) in [5.41, 5.74) is 2.17. The molecule has 1 amide bonds. The third-order valence-electron chi connectivity index (χ3n) is 4.39. The van der Waals surface area contributed by atoms with Gasteiger partial charge in [0.25, 0.3) is 11.8 Å². The highest BCUT2D eigenvalue weighted by Gasteiger charge is 2.31. The molecule has 0 saturated carbocycles. The molecule has 0 aliphatic carbocycles. The van der Waals surface area contributed by atoms with Crippen LogP contribution in [0.1, 0.15) is 28.3 Å². The number of aromatic nitrogens is 4. The number of nitrogens with zero attached hydrogens (tertiary/aromatic N) is 6. The molecule has 0 aromatic carbocycles. The van der Waals surface area contributed by atoms with E-state index in [0.717, 1.165) is 5.65 Å². The maximum Gasteiger partial charge on any atom is 0.272 e. The number of rotatable bonds is 3. The number of hydrogen-bond acceptors (Lipinski definition) is 6. The molecule has 1 unspecified atom stereocenters. The molecular formula is C18H16N6O2. The lowest BCUT2D eigenvalue weighted by atomic mass is 10.3. The van der Waals surface area contributed by atoms with E-state index in [2.05, 4.69) is 15.0 Å². The topological polar surface area (TPSA) is 96.4 Å². The van der Waals surface area contributed by atoms with Gasteiger partial charge in [-0.05, 0) is 19.1 Å². The third-order valence-corrected chi connectivity index (χ3v) is 4.39. The molecule has 26 heavy (non-hydrogen) atoms. The minimum atomic E-state index is -0.220. The Kier molecular flexibility index (Phi) is 3.97. The molecule has 4 rings (SSSR count). The van der Waals surface area contributed by atoms with Crippen molar-refractivity contribution in [3.8, 4) is 11.9 Å². The minimum absolute atomic E-state index is 0.0769. The molecule has 0 spiro atoms. The fraction of sp³-hybridized carbons (Fsp3) is 0.278. The van der Waals surface area contributed by atoms with Gasteiger partial charge in [0.1, 0.15) is 23.5 Å². The average molecular weight is 348 g/mol. The van der Waals surface area contributed by atoms with Gasteiger partial charge in [0, 0.05) is 31.6 Å². The summed E-state index contributed by atoms with van der Waals surface area (Å²) in [6.45, 7) is 2.84. The van der Waals surface area contributed by atoms with E-state index < -0.39 is 0 Å². The zero-order valence-corrected chi connectivity index (χ0v) is 14.2. The standard InChI is InChI=1S/C18H16N6O2/c1-12-16(24-8-3-2-4-15(24)22-12)18(25)23-9-5-13(11-23)26-17-14(10-19)20-6-7-21-17/h2-4,6-8,13H,5,9,11H2,1H3. The molecule has 3 aromatic heterocycles. The summed E-state index contributed by atoms with van der Waals surface area (Å²) in [6, 6.07) is 7.60. The van der Waals surface area contributed by atoms with Crippen molar-refractivity contribution in [3.63, 3.8) is 0 Å². The van der Waals surface area contributed by atoms with Crippen molar-refractivity contribution >= 4 is 11.6 Å². The van der Waals surface area contributed by atoms with Gasteiger partial charge < -0.3 is 9.64 Å². The largest absolute Gasteiger partial charge is 0.470 e. The second-order valence-corrected chi connectivity index (χ2v) is 6.08. The van der Waals surface area contributed by atoms with Gasteiger partial charge in [-0.15, -0.1) is 0 Å². The minimum Gasteiger partial charge on any atom is -0.470 e. The molecule has 0 N–H and O–H groups in total. The number of carbonyl (C=O) groups excluding carboxylic acids is 1. The summed E-state index contributed by atoms with van der Waals surface area (Å²) >= 11 is 0. The van der Waals surface area contributed by atoms with Crippen molar-refractivity contribution in [2.24, 2.45) is 0 Å². The number of fused-ring (bicyclic) bond motifs is 1. The quantitative estimate of drug-likeness (QED) is 0.713. The number of likely N-dealkylation sites (tertiary alicyclic amines) is 1. The molecule has 0 radical (unpaired) electrons. The molecule has 4 heterocycles. The van der Waals surface area contributed by atoms with Gasteiger partial charge in [0.05, 0.1) is 12.2 Å². The van der Waals surface area contributed by atoms with E-state index in [1.807, 2.05) is 41.8 Å². The van der Waals surface area contributed by atoms with E-state index in [0.29, 0.717) is 30.9 Å². The van der Waals surface area contributed by atoms with Crippen molar-refractivity contribution in [2.45, 2.75) is 19.4 Å². The van der Waals surface area contributed by atoms with Crippen LogP contribution in [-0.4, -0.2) is 49.4 Å². The van der Waals surface area contributed by atoms with E-state index >= 15 is 0 Å². The molecular weight excluding hydrogens is 332 g/mol. The number of imidazole rings is 1. The predicted molar refractivity (Wildman–Crippen MR) is 91.6 cm³/mol. The van der Waals surface area contributed by atoms with Crippen LogP contribution < -0.4 is 4.74 Å². The monoisotopic (exact) mass is 348 g/mol. The number of ether oxygens (including phenoxy) is 1. The number of aryl methyl sites for hydroxylation is 1. The molecule has 8 nitrogen and oxygen atoms in total. The van der Waals surface area contributed by atoms with Gasteiger partial charge in [-0.1, -0.05) is 6.07 Å². The average Bonchev–Trinajstić information content (AvgIpc) is 3.25. The van der Waals surface area contributed by atoms with Crippen molar-refractivity contribution in [2.75, 3.05) is 13.1 Å². The van der Waals surface area contributed by atoms with Gasteiger partial charge in [-0.3, -0.25) is 9.20 Å². The summed E-state index contributed by atoms with van der Waals surface area (Å²) in [4.78, 5) is 27.2. The van der Waals surface area contributed by atoms with Gasteiger partial charge in [0.15, 0.2) is 0 Å². The van der Waals surface area contributed by atoms with Crippen LogP contribution >= 0.6 is 0 Å². The van der Waals surface area contributed by atoms with Crippen LogP contribution in [0.4, 0.5) is 0 Å². The van der Waals surface area contributed by atoms with E-state index in [1.54, 1.807) is 4.90 Å². The first kappa shape index (κ1) is 16.0. The van der Waals surface area contributed by atoms with E-state index in [9.17, 15) is 4.79 Å². The summed E-state index contributed by atoms with van der Waals surface area (Å²) in [5.74, 6) is 0.132. The number of pyridine rings is 1. The smallest absolute Gasteiger partial charge is 0.272 e. The van der Waals surface area contributed by atoms with E-state index in [1.165, 1.54) is 12.4 Å². The van der Waals surface area contributed by atoms with E-state index in [4.69, 9.17) is 10.00 Å². The Balaban J connectivity index is 1.52. The van der Waals surface area contributed by atoms with Crippen LogP contribution in [0.15, 0.2) is 36.8 Å². The SMILES string of the molecule is Cc1nc2ccccn2c1C(=O)N1CCC(Oc2nccnc2C#N)C1. The molecule has 130 valence electrons. The second-order valence-electron chi connectivity index (χ2n) is 6.08. The van der Waals surface area contributed by atoms with Crippen molar-refractivity contribution < 1.29 is 9.53 Å². The molecule has 1 saturated heterocycles. The maximum atomic E-state index is 13.0. The predicted octanol–water partition coefficient (Wildman–Crippen LogP) is 1.60. The van der Waals surface area contributed by atoms with Crippen LogP contribution in [0.25, 0.3) is 5.65 Å². The van der Waals surface area contributed by atoms with Gasteiger partial charge in [-0.2, -0.15) is 5.26 Å². The van der Waals surface area contributed by atoms with Gasteiger partial charge in [-0.25, -0.2) is 15.0 Å².